The number of nitrogens with one attached hydrogen (secondary N) is 1. The second kappa shape index (κ2) is 15.4. The summed E-state index contributed by atoms with van der Waals surface area (Å²) in [5.41, 5.74) is 4.72. The third-order valence-corrected chi connectivity index (χ3v) is 9.73. The van der Waals surface area contributed by atoms with Gasteiger partial charge < -0.3 is 28.8 Å². The number of piperidine rings is 1. The van der Waals surface area contributed by atoms with Gasteiger partial charge in [-0.25, -0.2) is 9.78 Å². The van der Waals surface area contributed by atoms with Crippen LogP contribution >= 0.6 is 0 Å². The highest BCUT2D eigenvalue weighted by atomic mass is 16.6. The highest BCUT2D eigenvalue weighted by molar-refractivity contribution is 5.99. The minimum absolute atomic E-state index is 0.113. The molecule has 0 unspecified atom stereocenters. The fraction of sp³-hybridized carbons (Fsp3) is 0.293. The summed E-state index contributed by atoms with van der Waals surface area (Å²) >= 11 is 0. The molecule has 0 aliphatic carbocycles. The number of imidazole rings is 1. The van der Waals surface area contributed by atoms with Crippen LogP contribution in [0, 0.1) is 5.92 Å². The van der Waals surface area contributed by atoms with Gasteiger partial charge in [-0.1, -0.05) is 84.9 Å². The van der Waals surface area contributed by atoms with Gasteiger partial charge >= 0.3 is 6.09 Å². The number of amides is 2. The number of nitrogens with zero attached hydrogens (tertiary/aromatic N) is 4. The number of rotatable bonds is 12. The number of methoxy groups -OCH3 is 1. The number of hydrogen-bond acceptors (Lipinski definition) is 5. The first-order valence-electron chi connectivity index (χ1n) is 17.4. The van der Waals surface area contributed by atoms with Crippen molar-refractivity contribution in [3.05, 3.63) is 127 Å². The summed E-state index contributed by atoms with van der Waals surface area (Å²) in [5.74, 6) is 0.280. The maximum Gasteiger partial charge on any atom is 0.410 e. The Kier molecular flexibility index (Phi) is 10.2. The van der Waals surface area contributed by atoms with Gasteiger partial charge in [0, 0.05) is 57.9 Å². The summed E-state index contributed by atoms with van der Waals surface area (Å²) < 4.78 is 15.1. The van der Waals surface area contributed by atoms with Crippen molar-refractivity contribution in [2.75, 3.05) is 33.4 Å². The number of likely N-dealkylation sites (tertiary alicyclic amines) is 1. The van der Waals surface area contributed by atoms with Gasteiger partial charge in [0.15, 0.2) is 0 Å². The van der Waals surface area contributed by atoms with E-state index in [1.54, 1.807) is 7.11 Å². The zero-order valence-electron chi connectivity index (χ0n) is 28.5. The van der Waals surface area contributed by atoms with E-state index in [0.717, 1.165) is 69.7 Å². The molecule has 0 bridgehead atoms. The van der Waals surface area contributed by atoms with Crippen LogP contribution in [-0.4, -0.2) is 64.4 Å². The van der Waals surface area contributed by atoms with Crippen LogP contribution in [0.4, 0.5) is 4.79 Å². The molecule has 3 heterocycles. The van der Waals surface area contributed by atoms with Crippen LogP contribution in [0.25, 0.3) is 32.7 Å². The van der Waals surface area contributed by atoms with E-state index < -0.39 is 0 Å². The van der Waals surface area contributed by atoms with Gasteiger partial charge in [-0.2, -0.15) is 0 Å². The number of hydrogen-bond donors (Lipinski definition) is 1. The lowest BCUT2D eigenvalue weighted by Crippen LogP contribution is -2.39. The Bertz CT molecular complexity index is 2080. The van der Waals surface area contributed by atoms with Crippen LogP contribution in [0.1, 0.15) is 41.0 Å². The van der Waals surface area contributed by atoms with Crippen molar-refractivity contribution in [2.45, 2.75) is 39.0 Å². The SMILES string of the molecule is COCCCNC(=O)c1cc(-c2cccc3ccccc23)cn1Cc1cncn1CC1CCN(C(=O)OCc2cccc3ccccc23)CC1. The minimum atomic E-state index is -0.262. The topological polar surface area (TPSA) is 90.6 Å². The van der Waals surface area contributed by atoms with Gasteiger partial charge in [0.05, 0.1) is 18.6 Å². The molecule has 2 amide bonds. The fourth-order valence-corrected chi connectivity index (χ4v) is 7.01. The molecule has 7 rings (SSSR count). The van der Waals surface area contributed by atoms with E-state index in [1.165, 1.54) is 0 Å². The molecule has 2 aromatic heterocycles. The van der Waals surface area contributed by atoms with Crippen molar-refractivity contribution in [1.82, 2.24) is 24.3 Å². The van der Waals surface area contributed by atoms with E-state index in [1.807, 2.05) is 64.5 Å². The van der Waals surface area contributed by atoms with Crippen molar-refractivity contribution in [3.63, 3.8) is 0 Å². The van der Waals surface area contributed by atoms with Crippen LogP contribution in [-0.2, 0) is 29.2 Å². The van der Waals surface area contributed by atoms with Crippen molar-refractivity contribution >= 4 is 33.5 Å². The summed E-state index contributed by atoms with van der Waals surface area (Å²) in [7, 11) is 1.67. The first-order valence-corrected chi connectivity index (χ1v) is 17.4. The summed E-state index contributed by atoms with van der Waals surface area (Å²) in [6, 6.07) is 30.8. The highest BCUT2D eigenvalue weighted by Crippen LogP contribution is 2.31. The molecular formula is C41H43N5O4. The molecule has 4 aromatic carbocycles. The Morgan fingerprint density at radius 2 is 1.60 bits per heavy atom. The van der Waals surface area contributed by atoms with E-state index >= 15 is 0 Å². The van der Waals surface area contributed by atoms with Crippen LogP contribution in [0.5, 0.6) is 0 Å². The van der Waals surface area contributed by atoms with Crippen molar-refractivity contribution in [3.8, 4) is 11.1 Å². The third-order valence-electron chi connectivity index (χ3n) is 9.73. The number of fused-ring (bicyclic) bond motifs is 2. The number of aromatic nitrogens is 3. The summed E-state index contributed by atoms with van der Waals surface area (Å²) in [6.07, 6.45) is 8.08. The standard InChI is InChI=1S/C41H43N5O4/c1-49-22-8-19-43-40(47)39-23-34(38-16-7-12-32-10-3-5-15-37(32)38)26-45(39)27-35-24-42-29-46(35)25-30-17-20-44(21-18-30)41(48)50-28-33-13-6-11-31-9-2-4-14-36(31)33/h2-7,9-16,23-24,26,29-30H,8,17-22,25,27-28H2,1H3,(H,43,47). The first-order chi connectivity index (χ1) is 24.6. The molecule has 0 saturated carbocycles. The van der Waals surface area contributed by atoms with Gasteiger partial charge in [0.1, 0.15) is 12.3 Å². The van der Waals surface area contributed by atoms with Crippen LogP contribution in [0.3, 0.4) is 0 Å². The molecule has 1 N–H and O–H groups in total. The Labute approximate surface area is 292 Å². The summed E-state index contributed by atoms with van der Waals surface area (Å²) in [6.45, 7) is 4.00. The molecule has 9 heteroatoms. The number of carbonyl (C=O) groups is 2. The molecule has 1 saturated heterocycles. The lowest BCUT2D eigenvalue weighted by molar-refractivity contribution is 0.0808. The molecule has 1 aliphatic rings. The van der Waals surface area contributed by atoms with E-state index in [9.17, 15) is 9.59 Å². The smallest absolute Gasteiger partial charge is 0.410 e. The Morgan fingerprint density at radius 3 is 2.40 bits per heavy atom. The number of ether oxygens (including phenoxy) is 2. The molecule has 1 aliphatic heterocycles. The Morgan fingerprint density at radius 1 is 0.880 bits per heavy atom. The molecule has 0 spiro atoms. The molecule has 9 nitrogen and oxygen atoms in total. The molecular weight excluding hydrogens is 626 g/mol. The zero-order valence-corrected chi connectivity index (χ0v) is 28.5. The van der Waals surface area contributed by atoms with Crippen LogP contribution in [0.2, 0.25) is 0 Å². The highest BCUT2D eigenvalue weighted by Gasteiger charge is 2.25. The van der Waals surface area contributed by atoms with E-state index in [0.29, 0.717) is 44.4 Å². The molecule has 6 aromatic rings. The number of benzene rings is 4. The summed E-state index contributed by atoms with van der Waals surface area (Å²) in [4.78, 5) is 32.8. The minimum Gasteiger partial charge on any atom is -0.445 e. The predicted molar refractivity (Wildman–Crippen MR) is 196 cm³/mol. The average Bonchev–Trinajstić information content (AvgIpc) is 3.79. The van der Waals surface area contributed by atoms with Gasteiger partial charge in [0.2, 0.25) is 0 Å². The monoisotopic (exact) mass is 669 g/mol. The van der Waals surface area contributed by atoms with Gasteiger partial charge in [0.25, 0.3) is 5.91 Å². The van der Waals surface area contributed by atoms with Crippen LogP contribution in [0.15, 0.2) is 110 Å². The van der Waals surface area contributed by atoms with Gasteiger partial charge in [-0.15, -0.1) is 0 Å². The van der Waals surface area contributed by atoms with E-state index in [4.69, 9.17) is 9.47 Å². The molecule has 1 fully saturated rings. The maximum absolute atomic E-state index is 13.5. The molecule has 50 heavy (non-hydrogen) atoms. The molecule has 0 atom stereocenters. The van der Waals surface area contributed by atoms with Crippen LogP contribution < -0.4 is 5.32 Å². The lowest BCUT2D eigenvalue weighted by atomic mass is 9.97. The predicted octanol–water partition coefficient (Wildman–Crippen LogP) is 7.52. The Balaban J connectivity index is 1.01. The second-order valence-electron chi connectivity index (χ2n) is 13.0. The summed E-state index contributed by atoms with van der Waals surface area (Å²) in [5, 5.41) is 7.62. The second-order valence-corrected chi connectivity index (χ2v) is 13.0. The largest absolute Gasteiger partial charge is 0.445 e. The first kappa shape index (κ1) is 33.1. The van der Waals surface area contributed by atoms with Crippen molar-refractivity contribution in [1.29, 1.82) is 0 Å². The van der Waals surface area contributed by atoms with Crippen molar-refractivity contribution in [2.24, 2.45) is 5.92 Å². The van der Waals surface area contributed by atoms with Crippen molar-refractivity contribution < 1.29 is 19.1 Å². The lowest BCUT2D eigenvalue weighted by Gasteiger charge is -2.31. The Hall–Kier alpha value is -5.41. The van der Waals surface area contributed by atoms with E-state index in [2.05, 4.69) is 69.6 Å². The maximum atomic E-state index is 13.5. The van der Waals surface area contributed by atoms with Gasteiger partial charge in [-0.05, 0) is 63.9 Å². The zero-order chi connectivity index (χ0) is 34.3. The van der Waals surface area contributed by atoms with Gasteiger partial charge in [-0.3, -0.25) is 4.79 Å². The fourth-order valence-electron chi connectivity index (χ4n) is 7.01. The quantitative estimate of drug-likeness (QED) is 0.136. The molecule has 256 valence electrons. The normalized spacial score (nSPS) is 13.6. The number of carbonyl (C=O) groups excluding carboxylic acids is 2. The van der Waals surface area contributed by atoms with E-state index in [-0.39, 0.29) is 18.6 Å². The third kappa shape index (κ3) is 7.43. The average molecular weight is 670 g/mol. The molecule has 0 radical (unpaired) electrons.